The van der Waals surface area contributed by atoms with E-state index in [4.69, 9.17) is 28.5 Å². The van der Waals surface area contributed by atoms with E-state index in [0.717, 1.165) is 62.2 Å². The van der Waals surface area contributed by atoms with Gasteiger partial charge in [0.2, 0.25) is 6.41 Å². The first kappa shape index (κ1) is 37.6. The number of hydrogen-bond donors (Lipinski definition) is 1. The molecular formula is C34H52N2O9S. The molecule has 2 aromatic rings. The number of methoxy groups -OCH3 is 2. The lowest BCUT2D eigenvalue weighted by molar-refractivity contribution is -0.176. The molecule has 0 saturated carbocycles. The van der Waals surface area contributed by atoms with Gasteiger partial charge in [-0.15, -0.1) is 0 Å². The molecule has 0 aliphatic carbocycles. The number of amides is 1. The summed E-state index contributed by atoms with van der Waals surface area (Å²) in [6.07, 6.45) is 8.13. The van der Waals surface area contributed by atoms with Crippen molar-refractivity contribution in [3.05, 3.63) is 53.6 Å². The van der Waals surface area contributed by atoms with Crippen LogP contribution in [0, 0.1) is 0 Å². The van der Waals surface area contributed by atoms with Crippen LogP contribution >= 0.6 is 0 Å². The molecule has 46 heavy (non-hydrogen) atoms. The third kappa shape index (κ3) is 11.1. The van der Waals surface area contributed by atoms with Gasteiger partial charge < -0.3 is 23.7 Å². The number of hydrogen-bond acceptors (Lipinski definition) is 9. The minimum absolute atomic E-state index is 0.165. The summed E-state index contributed by atoms with van der Waals surface area (Å²) in [5.74, 6) is 2.58. The normalized spacial score (nSPS) is 18.0. The lowest BCUT2D eigenvalue weighted by Crippen LogP contribution is -2.44. The van der Waals surface area contributed by atoms with Gasteiger partial charge in [-0.2, -0.15) is 13.1 Å². The second kappa shape index (κ2) is 17.9. The Balaban J connectivity index is 1.52. The van der Waals surface area contributed by atoms with Crippen LogP contribution in [0.3, 0.4) is 0 Å². The van der Waals surface area contributed by atoms with Gasteiger partial charge in [0, 0.05) is 38.2 Å². The van der Waals surface area contributed by atoms with Gasteiger partial charge in [-0.1, -0.05) is 68.1 Å². The summed E-state index contributed by atoms with van der Waals surface area (Å²) in [6.45, 7) is 8.48. The summed E-state index contributed by atoms with van der Waals surface area (Å²) >= 11 is 0. The predicted octanol–water partition coefficient (Wildman–Crippen LogP) is 6.23. The zero-order valence-corrected chi connectivity index (χ0v) is 29.0. The van der Waals surface area contributed by atoms with Gasteiger partial charge in [0.1, 0.15) is 17.2 Å². The molecule has 1 heterocycles. The summed E-state index contributed by atoms with van der Waals surface area (Å²) in [5.41, 5.74) is 1.34. The van der Waals surface area contributed by atoms with Crippen molar-refractivity contribution in [2.45, 2.75) is 96.0 Å². The van der Waals surface area contributed by atoms with Gasteiger partial charge in [0.15, 0.2) is 13.6 Å². The van der Waals surface area contributed by atoms with Gasteiger partial charge >= 0.3 is 10.2 Å². The molecule has 0 fully saturated rings. The second-order valence-corrected chi connectivity index (χ2v) is 14.4. The van der Waals surface area contributed by atoms with Gasteiger partial charge in [-0.25, -0.2) is 4.84 Å². The van der Waals surface area contributed by atoms with Crippen molar-refractivity contribution >= 4 is 16.6 Å². The zero-order valence-electron chi connectivity index (χ0n) is 28.2. The molecule has 12 heteroatoms. The fourth-order valence-corrected chi connectivity index (χ4v) is 6.62. The van der Waals surface area contributed by atoms with E-state index >= 15 is 0 Å². The highest BCUT2D eigenvalue weighted by Gasteiger charge is 2.42. The molecule has 0 spiro atoms. The summed E-state index contributed by atoms with van der Waals surface area (Å²) in [5, 5.41) is 0. The van der Waals surface area contributed by atoms with E-state index in [-0.39, 0.29) is 37.9 Å². The molecule has 0 saturated heterocycles. The number of nitrogens with zero attached hydrogens (tertiary/aromatic N) is 1. The van der Waals surface area contributed by atoms with E-state index in [0.29, 0.717) is 17.5 Å². The standard InChI is InChI=1S/C34H52N2O9S/c1-33(2,3)45-36(24-37)46(38,39)35-21-13-11-9-7-8-10-12-14-31-30-20-19-29(44-26-41-6)22-32(30)42-23-34(31,4)27-15-17-28(18-16-27)43-25-40-5/h15-20,22,24,31,35H,7-14,21,23,25-26H2,1-6H3. The molecule has 2 unspecified atom stereocenters. The first-order chi connectivity index (χ1) is 21.9. The van der Waals surface area contributed by atoms with Crippen LogP contribution in [0.15, 0.2) is 42.5 Å². The van der Waals surface area contributed by atoms with E-state index in [1.165, 1.54) is 11.1 Å². The summed E-state index contributed by atoms with van der Waals surface area (Å²) in [6, 6.07) is 14.3. The minimum atomic E-state index is -4.02. The van der Waals surface area contributed by atoms with Crippen LogP contribution in [0.1, 0.15) is 96.1 Å². The number of carbonyl (C=O) groups is 1. The van der Waals surface area contributed by atoms with Crippen molar-refractivity contribution in [1.29, 1.82) is 0 Å². The first-order valence-corrected chi connectivity index (χ1v) is 17.4. The van der Waals surface area contributed by atoms with Gasteiger partial charge in [0.05, 0.1) is 12.2 Å². The summed E-state index contributed by atoms with van der Waals surface area (Å²) in [7, 11) is -0.823. The monoisotopic (exact) mass is 664 g/mol. The molecule has 1 aliphatic rings. The fourth-order valence-electron chi connectivity index (χ4n) is 5.65. The quantitative estimate of drug-likeness (QED) is 0.0716. The van der Waals surface area contributed by atoms with Gasteiger partial charge in [-0.3, -0.25) is 4.79 Å². The van der Waals surface area contributed by atoms with Crippen LogP contribution in [0.2, 0.25) is 0 Å². The number of rotatable bonds is 21. The molecule has 1 aliphatic heterocycles. The molecule has 1 N–H and O–H groups in total. The summed E-state index contributed by atoms with van der Waals surface area (Å²) in [4.78, 5) is 16.4. The Morgan fingerprint density at radius 2 is 1.50 bits per heavy atom. The van der Waals surface area contributed by atoms with E-state index in [1.54, 1.807) is 35.0 Å². The SMILES string of the molecule is COCOc1ccc(C2(C)COc3cc(OCOC)ccc3C2CCCCCCCCCNS(=O)(=O)N(C=O)OC(C)(C)C)cc1. The molecule has 3 rings (SSSR count). The molecule has 1 amide bonds. The maximum Gasteiger partial charge on any atom is 0.326 e. The molecule has 2 aromatic carbocycles. The van der Waals surface area contributed by atoms with E-state index in [2.05, 4.69) is 29.8 Å². The Labute approximate surface area is 275 Å². The average molecular weight is 665 g/mol. The third-order valence-electron chi connectivity index (χ3n) is 8.00. The topological polar surface area (TPSA) is 122 Å². The number of carbonyl (C=O) groups excluding carboxylic acids is 1. The van der Waals surface area contributed by atoms with E-state index in [1.807, 2.05) is 24.3 Å². The molecule has 2 atom stereocenters. The lowest BCUT2D eigenvalue weighted by Gasteiger charge is -2.43. The third-order valence-corrected chi connectivity index (χ3v) is 9.20. The van der Waals surface area contributed by atoms with Crippen molar-refractivity contribution < 1.29 is 41.7 Å². The van der Waals surface area contributed by atoms with Crippen LogP contribution in [0.5, 0.6) is 17.2 Å². The molecule has 258 valence electrons. The largest absolute Gasteiger partial charge is 0.492 e. The van der Waals surface area contributed by atoms with E-state index < -0.39 is 15.8 Å². The van der Waals surface area contributed by atoms with Gasteiger partial charge in [0.25, 0.3) is 0 Å². The Morgan fingerprint density at radius 3 is 2.11 bits per heavy atom. The smallest absolute Gasteiger partial charge is 0.326 e. The second-order valence-electron chi connectivity index (χ2n) is 12.8. The predicted molar refractivity (Wildman–Crippen MR) is 176 cm³/mol. The molecule has 11 nitrogen and oxygen atoms in total. The number of benzene rings is 2. The van der Waals surface area contributed by atoms with Crippen LogP contribution in [0.4, 0.5) is 0 Å². The zero-order chi connectivity index (χ0) is 33.6. The Hall–Kier alpha value is -2.90. The van der Waals surface area contributed by atoms with Crippen molar-refractivity contribution in [3.8, 4) is 17.2 Å². The van der Waals surface area contributed by atoms with Crippen molar-refractivity contribution in [3.63, 3.8) is 0 Å². The Bertz CT molecular complexity index is 1310. The molecular weight excluding hydrogens is 612 g/mol. The Morgan fingerprint density at radius 1 is 0.913 bits per heavy atom. The number of unbranched alkanes of at least 4 members (excludes halogenated alkanes) is 6. The Kier molecular flexibility index (Phi) is 14.6. The van der Waals surface area contributed by atoms with Crippen molar-refractivity contribution in [2.75, 3.05) is 41.0 Å². The van der Waals surface area contributed by atoms with Crippen LogP contribution in [-0.4, -0.2) is 65.9 Å². The number of nitrogens with one attached hydrogen (secondary N) is 1. The molecule has 0 aromatic heterocycles. The van der Waals surface area contributed by atoms with Crippen molar-refractivity contribution in [2.24, 2.45) is 0 Å². The molecule has 0 bridgehead atoms. The van der Waals surface area contributed by atoms with Crippen LogP contribution in [0.25, 0.3) is 0 Å². The van der Waals surface area contributed by atoms with Crippen molar-refractivity contribution in [1.82, 2.24) is 9.19 Å². The number of hydroxylamine groups is 1. The van der Waals surface area contributed by atoms with Gasteiger partial charge in [-0.05, 0) is 62.9 Å². The van der Waals surface area contributed by atoms with Crippen LogP contribution in [-0.2, 0) is 34.7 Å². The van der Waals surface area contributed by atoms with E-state index in [9.17, 15) is 13.2 Å². The maximum atomic E-state index is 12.3. The highest BCUT2D eigenvalue weighted by molar-refractivity contribution is 7.87. The highest BCUT2D eigenvalue weighted by Crippen LogP contribution is 2.50. The number of ether oxygens (including phenoxy) is 5. The first-order valence-electron chi connectivity index (χ1n) is 16.0. The lowest BCUT2D eigenvalue weighted by atomic mass is 9.66. The maximum absolute atomic E-state index is 12.3. The van der Waals surface area contributed by atoms with Crippen LogP contribution < -0.4 is 18.9 Å². The molecule has 0 radical (unpaired) electrons. The average Bonchev–Trinajstić information content (AvgIpc) is 3.03. The highest BCUT2D eigenvalue weighted by atomic mass is 32.2. The summed E-state index contributed by atoms with van der Waals surface area (Å²) < 4.78 is 55.2. The fraction of sp³-hybridized carbons (Fsp3) is 0.618. The number of fused-ring (bicyclic) bond motifs is 1. The minimum Gasteiger partial charge on any atom is -0.492 e.